The fourth-order valence-corrected chi connectivity index (χ4v) is 1.31. The molecule has 1 rings (SSSR count). The molecule has 0 bridgehead atoms. The lowest BCUT2D eigenvalue weighted by atomic mass is 10.2. The molecule has 0 aliphatic heterocycles. The van der Waals surface area contributed by atoms with E-state index in [0.717, 1.165) is 0 Å². The van der Waals surface area contributed by atoms with Gasteiger partial charge in [0.05, 0.1) is 12.1 Å². The Morgan fingerprint density at radius 3 is 2.68 bits per heavy atom. The van der Waals surface area contributed by atoms with Crippen molar-refractivity contribution < 1.29 is 23.0 Å². The molecule has 1 aromatic carbocycles. The van der Waals surface area contributed by atoms with Gasteiger partial charge in [-0.05, 0) is 12.1 Å². The Morgan fingerprint density at radius 2 is 2.05 bits per heavy atom. The molecule has 1 unspecified atom stereocenters. The molecular weight excluding hydrogens is 261 g/mol. The third-order valence-corrected chi connectivity index (χ3v) is 2.14. The zero-order valence-corrected chi connectivity index (χ0v) is 9.94. The highest BCUT2D eigenvalue weighted by Gasteiger charge is 2.26. The van der Waals surface area contributed by atoms with Gasteiger partial charge in [-0.25, -0.2) is 0 Å². The molecule has 0 spiro atoms. The van der Waals surface area contributed by atoms with E-state index in [9.17, 15) is 18.3 Å². The van der Waals surface area contributed by atoms with Crippen molar-refractivity contribution in [1.82, 2.24) is 5.32 Å². The third kappa shape index (κ3) is 6.08. The number of nitrogens with one attached hydrogen (secondary N) is 1. The number of halogens is 3. The summed E-state index contributed by atoms with van der Waals surface area (Å²) in [5, 5.41) is 20.3. The second kappa shape index (κ2) is 6.97. The Hall–Kier alpha value is -1.78. The first-order valence-electron chi connectivity index (χ1n) is 5.50. The minimum absolute atomic E-state index is 0.191. The number of ether oxygens (including phenoxy) is 1. The lowest BCUT2D eigenvalue weighted by Gasteiger charge is -2.14. The zero-order valence-electron chi connectivity index (χ0n) is 9.94. The smallest absolute Gasteiger partial charge is 0.401 e. The summed E-state index contributed by atoms with van der Waals surface area (Å²) in [5.74, 6) is 0.292. The fraction of sp³-hybridized carbons (Fsp3) is 0.417. The number of aliphatic hydroxyl groups excluding tert-OH is 1. The first-order valence-corrected chi connectivity index (χ1v) is 5.50. The van der Waals surface area contributed by atoms with Crippen LogP contribution in [0.1, 0.15) is 5.56 Å². The van der Waals surface area contributed by atoms with E-state index in [2.05, 4.69) is 5.32 Å². The highest BCUT2D eigenvalue weighted by Crippen LogP contribution is 2.16. The molecule has 2 N–H and O–H groups in total. The van der Waals surface area contributed by atoms with Gasteiger partial charge >= 0.3 is 6.18 Å². The first-order chi connectivity index (χ1) is 8.92. The van der Waals surface area contributed by atoms with Crippen molar-refractivity contribution in [2.24, 2.45) is 0 Å². The Labute approximate surface area is 108 Å². The SMILES string of the molecule is N#Cc1ccccc1OCC(O)CNCC(F)(F)F. The van der Waals surface area contributed by atoms with E-state index in [1.54, 1.807) is 24.3 Å². The molecule has 0 radical (unpaired) electrons. The van der Waals surface area contributed by atoms with Crippen molar-refractivity contribution in [3.63, 3.8) is 0 Å². The lowest BCUT2D eigenvalue weighted by Crippen LogP contribution is -2.37. The monoisotopic (exact) mass is 274 g/mol. The van der Waals surface area contributed by atoms with E-state index in [1.165, 1.54) is 0 Å². The predicted molar refractivity (Wildman–Crippen MR) is 61.6 cm³/mol. The van der Waals surface area contributed by atoms with Crippen molar-refractivity contribution in [2.45, 2.75) is 12.3 Å². The summed E-state index contributed by atoms with van der Waals surface area (Å²) in [6, 6.07) is 8.32. The summed E-state index contributed by atoms with van der Waals surface area (Å²) in [6.45, 7) is -1.60. The zero-order chi connectivity index (χ0) is 14.3. The summed E-state index contributed by atoms with van der Waals surface area (Å²) in [5.41, 5.74) is 0.304. The molecule has 1 aromatic rings. The second-order valence-corrected chi connectivity index (χ2v) is 3.82. The van der Waals surface area contributed by atoms with Gasteiger partial charge in [-0.3, -0.25) is 0 Å². The van der Waals surface area contributed by atoms with E-state index in [1.807, 2.05) is 6.07 Å². The van der Waals surface area contributed by atoms with Crippen LogP contribution in [0.15, 0.2) is 24.3 Å². The van der Waals surface area contributed by atoms with Crippen LogP contribution in [-0.4, -0.2) is 37.1 Å². The second-order valence-electron chi connectivity index (χ2n) is 3.82. The molecular formula is C12H13F3N2O2. The van der Waals surface area contributed by atoms with Gasteiger partial charge in [-0.15, -0.1) is 0 Å². The van der Waals surface area contributed by atoms with Crippen LogP contribution in [0.5, 0.6) is 5.75 Å². The molecule has 0 heterocycles. The summed E-state index contributed by atoms with van der Waals surface area (Å²) < 4.78 is 40.7. The van der Waals surface area contributed by atoms with Gasteiger partial charge in [0.15, 0.2) is 0 Å². The van der Waals surface area contributed by atoms with Crippen LogP contribution in [0, 0.1) is 11.3 Å². The average Bonchev–Trinajstić information content (AvgIpc) is 2.35. The summed E-state index contributed by atoms with van der Waals surface area (Å²) >= 11 is 0. The quantitative estimate of drug-likeness (QED) is 0.824. The van der Waals surface area contributed by atoms with Crippen molar-refractivity contribution in [2.75, 3.05) is 19.7 Å². The van der Waals surface area contributed by atoms with Crippen LogP contribution in [0.2, 0.25) is 0 Å². The Morgan fingerprint density at radius 1 is 1.37 bits per heavy atom. The third-order valence-electron chi connectivity index (χ3n) is 2.14. The fourth-order valence-electron chi connectivity index (χ4n) is 1.31. The summed E-state index contributed by atoms with van der Waals surface area (Å²) in [6.07, 6.45) is -5.40. The molecule has 1 atom stereocenters. The maximum atomic E-state index is 11.8. The van der Waals surface area contributed by atoms with Gasteiger partial charge in [-0.2, -0.15) is 18.4 Å². The number of para-hydroxylation sites is 1. The van der Waals surface area contributed by atoms with Crippen LogP contribution in [-0.2, 0) is 0 Å². The van der Waals surface area contributed by atoms with Gasteiger partial charge in [0.25, 0.3) is 0 Å². The lowest BCUT2D eigenvalue weighted by molar-refractivity contribution is -0.125. The molecule has 104 valence electrons. The van der Waals surface area contributed by atoms with Crippen LogP contribution in [0.25, 0.3) is 0 Å². The van der Waals surface area contributed by atoms with Crippen LogP contribution < -0.4 is 10.1 Å². The van der Waals surface area contributed by atoms with Crippen LogP contribution in [0.4, 0.5) is 13.2 Å². The molecule has 0 aliphatic carbocycles. The van der Waals surface area contributed by atoms with Gasteiger partial charge in [-0.1, -0.05) is 12.1 Å². The number of benzene rings is 1. The van der Waals surface area contributed by atoms with Crippen molar-refractivity contribution in [3.05, 3.63) is 29.8 Å². The standard InChI is InChI=1S/C12H13F3N2O2/c13-12(14,15)8-17-6-10(18)7-19-11-4-2-1-3-9(11)5-16/h1-4,10,17-18H,6-8H2. The minimum Gasteiger partial charge on any atom is -0.489 e. The van der Waals surface area contributed by atoms with Crippen LogP contribution >= 0.6 is 0 Å². The highest BCUT2D eigenvalue weighted by molar-refractivity contribution is 5.42. The van der Waals surface area contributed by atoms with Gasteiger partial charge < -0.3 is 15.2 Å². The number of aliphatic hydroxyl groups is 1. The molecule has 0 saturated heterocycles. The Bertz CT molecular complexity index is 443. The number of hydrogen-bond acceptors (Lipinski definition) is 4. The Balaban J connectivity index is 2.34. The van der Waals surface area contributed by atoms with Gasteiger partial charge in [0.2, 0.25) is 0 Å². The number of rotatable bonds is 6. The van der Waals surface area contributed by atoms with Crippen LogP contribution in [0.3, 0.4) is 0 Å². The van der Waals surface area contributed by atoms with Gasteiger partial charge in [0, 0.05) is 6.54 Å². The highest BCUT2D eigenvalue weighted by atomic mass is 19.4. The molecule has 0 saturated carbocycles. The average molecular weight is 274 g/mol. The van der Waals surface area contributed by atoms with Crippen molar-refractivity contribution in [1.29, 1.82) is 5.26 Å². The number of nitriles is 1. The molecule has 0 aromatic heterocycles. The molecule has 7 heteroatoms. The predicted octanol–water partition coefficient (Wildman–Crippen LogP) is 1.45. The maximum Gasteiger partial charge on any atom is 0.401 e. The normalized spacial score (nSPS) is 12.8. The van der Waals surface area contributed by atoms with Crippen molar-refractivity contribution >= 4 is 0 Å². The van der Waals surface area contributed by atoms with E-state index >= 15 is 0 Å². The number of alkyl halides is 3. The van der Waals surface area contributed by atoms with E-state index < -0.39 is 18.8 Å². The largest absolute Gasteiger partial charge is 0.489 e. The Kier molecular flexibility index (Phi) is 5.60. The van der Waals surface area contributed by atoms with E-state index in [4.69, 9.17) is 10.00 Å². The number of hydrogen-bond donors (Lipinski definition) is 2. The van der Waals surface area contributed by atoms with Gasteiger partial charge in [0.1, 0.15) is 24.5 Å². The molecule has 0 aliphatic rings. The molecule has 0 amide bonds. The van der Waals surface area contributed by atoms with E-state index in [0.29, 0.717) is 11.3 Å². The molecule has 4 nitrogen and oxygen atoms in total. The van der Waals surface area contributed by atoms with Crippen molar-refractivity contribution in [3.8, 4) is 11.8 Å². The number of nitrogens with zero attached hydrogens (tertiary/aromatic N) is 1. The molecule has 19 heavy (non-hydrogen) atoms. The summed E-state index contributed by atoms with van der Waals surface area (Å²) in [4.78, 5) is 0. The minimum atomic E-state index is -4.31. The summed E-state index contributed by atoms with van der Waals surface area (Å²) in [7, 11) is 0. The maximum absolute atomic E-state index is 11.8. The first kappa shape index (κ1) is 15.3. The topological polar surface area (TPSA) is 65.3 Å². The van der Waals surface area contributed by atoms with E-state index in [-0.39, 0.29) is 13.2 Å². The molecule has 0 fully saturated rings.